The van der Waals surface area contributed by atoms with E-state index < -0.39 is 17.6 Å². The first-order chi connectivity index (χ1) is 11.5. The van der Waals surface area contributed by atoms with E-state index in [1.165, 1.54) is 12.1 Å². The molecule has 3 nitrogen and oxygen atoms in total. The van der Waals surface area contributed by atoms with Gasteiger partial charge in [0.25, 0.3) is 0 Å². The van der Waals surface area contributed by atoms with Gasteiger partial charge in [0.1, 0.15) is 17.3 Å². The minimum atomic E-state index is -1.15. The van der Waals surface area contributed by atoms with Gasteiger partial charge >= 0.3 is 5.97 Å². The number of rotatable bonds is 2. The van der Waals surface area contributed by atoms with Gasteiger partial charge in [-0.1, -0.05) is 24.3 Å². The molecule has 0 fully saturated rings. The van der Waals surface area contributed by atoms with Gasteiger partial charge in [-0.2, -0.15) is 0 Å². The third kappa shape index (κ3) is 2.21. The lowest BCUT2D eigenvalue weighted by molar-refractivity contribution is 0.0692. The summed E-state index contributed by atoms with van der Waals surface area (Å²) >= 11 is 0. The Morgan fingerprint density at radius 3 is 2.46 bits per heavy atom. The number of aromatic carboxylic acids is 1. The number of H-pyrrole nitrogens is 1. The average Bonchev–Trinajstić information content (AvgIpc) is 2.94. The SMILES string of the molecule is O=C(O)c1[nH]c2c(c1-c1cc(F)cc(F)c1)CCc1ccccc1-2. The van der Waals surface area contributed by atoms with Crippen LogP contribution < -0.4 is 0 Å². The molecule has 0 unspecified atom stereocenters. The molecule has 0 saturated heterocycles. The van der Waals surface area contributed by atoms with Gasteiger partial charge in [0.2, 0.25) is 0 Å². The number of aryl methyl sites for hydroxylation is 1. The maximum atomic E-state index is 13.6. The molecule has 0 aliphatic heterocycles. The third-order valence-corrected chi connectivity index (χ3v) is 4.40. The number of hydrogen-bond donors (Lipinski definition) is 2. The van der Waals surface area contributed by atoms with Crippen LogP contribution in [0.15, 0.2) is 42.5 Å². The number of carboxylic acid groups (broad SMARTS) is 1. The van der Waals surface area contributed by atoms with E-state index in [1.807, 2.05) is 24.3 Å². The molecule has 1 aromatic heterocycles. The van der Waals surface area contributed by atoms with Crippen LogP contribution in [0.4, 0.5) is 8.78 Å². The van der Waals surface area contributed by atoms with Crippen LogP contribution in [0.1, 0.15) is 21.6 Å². The lowest BCUT2D eigenvalue weighted by atomic mass is 9.87. The summed E-state index contributed by atoms with van der Waals surface area (Å²) in [6.45, 7) is 0. The number of nitrogens with one attached hydrogen (secondary N) is 1. The number of carbonyl (C=O) groups is 1. The molecular weight excluding hydrogens is 312 g/mol. The van der Waals surface area contributed by atoms with Crippen molar-refractivity contribution in [2.24, 2.45) is 0 Å². The molecule has 0 amide bonds. The van der Waals surface area contributed by atoms with Gasteiger partial charge < -0.3 is 10.1 Å². The molecule has 0 spiro atoms. The molecule has 5 heteroatoms. The van der Waals surface area contributed by atoms with Crippen molar-refractivity contribution in [2.75, 3.05) is 0 Å². The summed E-state index contributed by atoms with van der Waals surface area (Å²) in [5.41, 5.74) is 4.13. The summed E-state index contributed by atoms with van der Waals surface area (Å²) < 4.78 is 27.3. The molecule has 2 N–H and O–H groups in total. The zero-order valence-electron chi connectivity index (χ0n) is 12.6. The molecule has 0 saturated carbocycles. The molecule has 1 aliphatic carbocycles. The van der Waals surface area contributed by atoms with Crippen LogP contribution in [-0.4, -0.2) is 16.1 Å². The molecule has 0 atom stereocenters. The quantitative estimate of drug-likeness (QED) is 0.732. The van der Waals surface area contributed by atoms with Crippen LogP contribution >= 0.6 is 0 Å². The van der Waals surface area contributed by atoms with Crippen molar-refractivity contribution >= 4 is 5.97 Å². The summed E-state index contributed by atoms with van der Waals surface area (Å²) in [6, 6.07) is 10.9. The molecular formula is C19H13F2NO2. The second-order valence-electron chi connectivity index (χ2n) is 5.85. The van der Waals surface area contributed by atoms with Crippen molar-refractivity contribution in [3.05, 3.63) is 70.9 Å². The highest BCUT2D eigenvalue weighted by Gasteiger charge is 2.27. The minimum absolute atomic E-state index is 0.0401. The molecule has 0 radical (unpaired) electrons. The number of halogens is 2. The number of hydrogen-bond acceptors (Lipinski definition) is 1. The van der Waals surface area contributed by atoms with E-state index in [-0.39, 0.29) is 11.3 Å². The van der Waals surface area contributed by atoms with Crippen LogP contribution in [0.3, 0.4) is 0 Å². The zero-order valence-corrected chi connectivity index (χ0v) is 12.6. The topological polar surface area (TPSA) is 53.1 Å². The predicted octanol–water partition coefficient (Wildman–Crippen LogP) is 4.42. The fraction of sp³-hybridized carbons (Fsp3) is 0.105. The van der Waals surface area contributed by atoms with Gasteiger partial charge in [0.15, 0.2) is 0 Å². The van der Waals surface area contributed by atoms with Crippen LogP contribution in [0.2, 0.25) is 0 Å². The van der Waals surface area contributed by atoms with Crippen molar-refractivity contribution in [1.29, 1.82) is 0 Å². The maximum absolute atomic E-state index is 13.6. The Labute approximate surface area is 136 Å². The van der Waals surface area contributed by atoms with Crippen LogP contribution in [-0.2, 0) is 12.8 Å². The summed E-state index contributed by atoms with van der Waals surface area (Å²) in [5, 5.41) is 9.54. The van der Waals surface area contributed by atoms with Gasteiger partial charge in [-0.05, 0) is 41.7 Å². The Hall–Kier alpha value is -2.95. The molecule has 3 aromatic rings. The van der Waals surface area contributed by atoms with Gasteiger partial charge in [-0.3, -0.25) is 0 Å². The highest BCUT2D eigenvalue weighted by Crippen LogP contribution is 2.41. The fourth-order valence-corrected chi connectivity index (χ4v) is 3.44. The summed E-state index contributed by atoms with van der Waals surface area (Å²) in [6.07, 6.45) is 1.37. The lowest BCUT2D eigenvalue weighted by Crippen LogP contribution is -2.03. The predicted molar refractivity (Wildman–Crippen MR) is 85.9 cm³/mol. The number of aromatic amines is 1. The van der Waals surface area contributed by atoms with Gasteiger partial charge in [-0.25, -0.2) is 13.6 Å². The highest BCUT2D eigenvalue weighted by molar-refractivity contribution is 5.98. The lowest BCUT2D eigenvalue weighted by Gasteiger charge is -2.17. The number of fused-ring (bicyclic) bond motifs is 3. The first-order valence-electron chi connectivity index (χ1n) is 7.57. The normalized spacial score (nSPS) is 12.6. The van der Waals surface area contributed by atoms with Crippen molar-refractivity contribution in [2.45, 2.75) is 12.8 Å². The van der Waals surface area contributed by atoms with Crippen molar-refractivity contribution in [1.82, 2.24) is 4.98 Å². The smallest absolute Gasteiger partial charge is 0.352 e. The minimum Gasteiger partial charge on any atom is -0.477 e. The van der Waals surface area contributed by atoms with Crippen LogP contribution in [0.5, 0.6) is 0 Å². The fourth-order valence-electron chi connectivity index (χ4n) is 3.44. The number of aromatic nitrogens is 1. The van der Waals surface area contributed by atoms with Gasteiger partial charge in [-0.15, -0.1) is 0 Å². The van der Waals surface area contributed by atoms with Gasteiger partial charge in [0, 0.05) is 17.2 Å². The molecule has 1 aliphatic rings. The van der Waals surface area contributed by atoms with E-state index in [1.54, 1.807) is 0 Å². The number of benzene rings is 2. The monoisotopic (exact) mass is 325 g/mol. The zero-order chi connectivity index (χ0) is 16.8. The largest absolute Gasteiger partial charge is 0.477 e. The van der Waals surface area contributed by atoms with E-state index in [0.717, 1.165) is 29.2 Å². The van der Waals surface area contributed by atoms with Gasteiger partial charge in [0.05, 0.1) is 5.69 Å². The molecule has 4 rings (SSSR count). The molecule has 1 heterocycles. The molecule has 24 heavy (non-hydrogen) atoms. The Kier molecular flexibility index (Phi) is 3.23. The molecule has 0 bridgehead atoms. The van der Waals surface area contributed by atoms with E-state index in [0.29, 0.717) is 17.7 Å². The summed E-state index contributed by atoms with van der Waals surface area (Å²) in [7, 11) is 0. The van der Waals surface area contributed by atoms with Crippen LogP contribution in [0.25, 0.3) is 22.4 Å². The summed E-state index contributed by atoms with van der Waals surface area (Å²) in [5.74, 6) is -2.61. The molecule has 2 aromatic carbocycles. The summed E-state index contributed by atoms with van der Waals surface area (Å²) in [4.78, 5) is 14.6. The standard InChI is InChI=1S/C19H13F2NO2/c20-12-7-11(8-13(21)9-12)16-15-6-5-10-3-1-2-4-14(10)17(15)22-18(16)19(23)24/h1-4,7-9,22H,5-6H2,(H,23,24). The van der Waals surface area contributed by atoms with Crippen molar-refractivity contribution in [3.8, 4) is 22.4 Å². The first kappa shape index (κ1) is 14.6. The highest BCUT2D eigenvalue weighted by atomic mass is 19.1. The Bertz CT molecular complexity index is 955. The second-order valence-corrected chi connectivity index (χ2v) is 5.85. The second kappa shape index (κ2) is 5.30. The first-order valence-corrected chi connectivity index (χ1v) is 7.57. The number of carboxylic acids is 1. The van der Waals surface area contributed by atoms with Crippen LogP contribution in [0, 0.1) is 11.6 Å². The van der Waals surface area contributed by atoms with E-state index >= 15 is 0 Å². The van der Waals surface area contributed by atoms with Crippen molar-refractivity contribution < 1.29 is 18.7 Å². The average molecular weight is 325 g/mol. The van der Waals surface area contributed by atoms with Crippen molar-refractivity contribution in [3.63, 3.8) is 0 Å². The van der Waals surface area contributed by atoms with E-state index in [4.69, 9.17) is 0 Å². The Balaban J connectivity index is 2.02. The Morgan fingerprint density at radius 2 is 1.75 bits per heavy atom. The third-order valence-electron chi connectivity index (χ3n) is 4.40. The van der Waals surface area contributed by atoms with E-state index in [9.17, 15) is 18.7 Å². The Morgan fingerprint density at radius 1 is 1.04 bits per heavy atom. The molecule has 120 valence electrons. The van der Waals surface area contributed by atoms with E-state index in [2.05, 4.69) is 4.98 Å². The maximum Gasteiger partial charge on any atom is 0.352 e.